The molecule has 0 aliphatic rings. The zero-order valence-electron chi connectivity index (χ0n) is 29.2. The second-order valence-electron chi connectivity index (χ2n) is 13.4. The van der Waals surface area contributed by atoms with Gasteiger partial charge in [0.2, 0.25) is 0 Å². The van der Waals surface area contributed by atoms with E-state index in [1.54, 1.807) is 6.92 Å². The Morgan fingerprint density at radius 2 is 0.674 bits per heavy atom. The van der Waals surface area contributed by atoms with E-state index in [1.807, 2.05) is 0 Å². The highest BCUT2D eigenvalue weighted by Gasteiger charge is 2.21. The second kappa shape index (κ2) is 32.3. The molecule has 0 fully saturated rings. The molecule has 0 heterocycles. The first-order valence-corrected chi connectivity index (χ1v) is 18.9. The zero-order chi connectivity index (χ0) is 31.7. The lowest BCUT2D eigenvalue weighted by molar-refractivity contribution is -0.146. The van der Waals surface area contributed by atoms with Crippen molar-refractivity contribution in [2.24, 2.45) is 0 Å². The van der Waals surface area contributed by atoms with Gasteiger partial charge in [0.1, 0.15) is 0 Å². The molecule has 5 heteroatoms. The summed E-state index contributed by atoms with van der Waals surface area (Å²) in [6.07, 6.45) is 35.0. The van der Waals surface area contributed by atoms with Crippen molar-refractivity contribution in [3.63, 3.8) is 0 Å². The van der Waals surface area contributed by atoms with Crippen molar-refractivity contribution < 1.29 is 24.2 Å². The summed E-state index contributed by atoms with van der Waals surface area (Å²) < 4.78 is 10.7. The molecule has 0 radical (unpaired) electrons. The minimum Gasteiger partial charge on any atom is -0.466 e. The Balaban J connectivity index is 3.50. The second-order valence-corrected chi connectivity index (χ2v) is 13.4. The van der Waals surface area contributed by atoms with Gasteiger partial charge in [0.05, 0.1) is 18.8 Å². The summed E-state index contributed by atoms with van der Waals surface area (Å²) in [5.74, 6) is -0.355. The summed E-state index contributed by atoms with van der Waals surface area (Å²) in [5, 5.41) is 10.6. The standard InChI is InChI=1S/C38H74O5/c1-4-6-8-10-12-14-16-18-20-22-24-26-28-30-36(39)42-34-32-38(3,41)33-35-43-37(40)31-29-27-25-23-21-19-17-15-13-11-9-7-5-2/h41H,4-35H2,1-3H3. The Hall–Kier alpha value is -1.10. The van der Waals surface area contributed by atoms with Gasteiger partial charge in [-0.15, -0.1) is 0 Å². The van der Waals surface area contributed by atoms with Crippen LogP contribution in [0, 0.1) is 0 Å². The van der Waals surface area contributed by atoms with Gasteiger partial charge in [-0.1, -0.05) is 168 Å². The van der Waals surface area contributed by atoms with Crippen molar-refractivity contribution in [3.8, 4) is 0 Å². The van der Waals surface area contributed by atoms with Gasteiger partial charge < -0.3 is 14.6 Å². The van der Waals surface area contributed by atoms with Gasteiger partial charge in [-0.25, -0.2) is 0 Å². The van der Waals surface area contributed by atoms with Crippen LogP contribution in [0.4, 0.5) is 0 Å². The Morgan fingerprint density at radius 1 is 0.442 bits per heavy atom. The number of ether oxygens (including phenoxy) is 2. The zero-order valence-corrected chi connectivity index (χ0v) is 29.2. The van der Waals surface area contributed by atoms with Crippen molar-refractivity contribution in [2.45, 2.75) is 219 Å². The monoisotopic (exact) mass is 611 g/mol. The lowest BCUT2D eigenvalue weighted by Crippen LogP contribution is -2.29. The molecule has 0 aromatic carbocycles. The fraction of sp³-hybridized carbons (Fsp3) is 0.947. The van der Waals surface area contributed by atoms with E-state index >= 15 is 0 Å². The van der Waals surface area contributed by atoms with Crippen molar-refractivity contribution >= 4 is 11.9 Å². The Bertz CT molecular complexity index is 553. The molecular weight excluding hydrogens is 536 g/mol. The van der Waals surface area contributed by atoms with Crippen LogP contribution in [0.1, 0.15) is 213 Å². The molecule has 256 valence electrons. The van der Waals surface area contributed by atoms with Crippen molar-refractivity contribution in [1.29, 1.82) is 0 Å². The minimum atomic E-state index is -1.01. The first-order chi connectivity index (χ1) is 20.9. The van der Waals surface area contributed by atoms with E-state index < -0.39 is 5.60 Å². The molecule has 0 spiro atoms. The molecule has 43 heavy (non-hydrogen) atoms. The van der Waals surface area contributed by atoms with Crippen LogP contribution in [0.15, 0.2) is 0 Å². The Labute approximate surface area is 268 Å². The molecule has 0 unspecified atom stereocenters. The van der Waals surface area contributed by atoms with Gasteiger partial charge in [-0.05, 0) is 19.8 Å². The van der Waals surface area contributed by atoms with Gasteiger partial charge in [0.25, 0.3) is 0 Å². The van der Waals surface area contributed by atoms with Gasteiger partial charge >= 0.3 is 11.9 Å². The van der Waals surface area contributed by atoms with Crippen LogP contribution in [0.25, 0.3) is 0 Å². The van der Waals surface area contributed by atoms with Crippen molar-refractivity contribution in [3.05, 3.63) is 0 Å². The van der Waals surface area contributed by atoms with Crippen molar-refractivity contribution in [2.75, 3.05) is 13.2 Å². The highest BCUT2D eigenvalue weighted by molar-refractivity contribution is 5.69. The van der Waals surface area contributed by atoms with E-state index in [0.29, 0.717) is 25.7 Å². The number of esters is 2. The molecule has 5 nitrogen and oxygen atoms in total. The molecule has 0 aromatic heterocycles. The van der Waals surface area contributed by atoms with Crippen LogP contribution in [0.3, 0.4) is 0 Å². The average Bonchev–Trinajstić information content (AvgIpc) is 2.97. The summed E-state index contributed by atoms with van der Waals surface area (Å²) in [5.41, 5.74) is -1.01. The molecule has 1 N–H and O–H groups in total. The van der Waals surface area contributed by atoms with Crippen molar-refractivity contribution in [1.82, 2.24) is 0 Å². The molecular formula is C38H74O5. The van der Waals surface area contributed by atoms with Gasteiger partial charge in [0, 0.05) is 25.7 Å². The number of carbonyl (C=O) groups excluding carboxylic acids is 2. The normalized spacial score (nSPS) is 11.6. The number of carbonyl (C=O) groups is 2. The topological polar surface area (TPSA) is 72.8 Å². The van der Waals surface area contributed by atoms with Crippen LogP contribution >= 0.6 is 0 Å². The molecule has 0 aromatic rings. The number of hydrogen-bond acceptors (Lipinski definition) is 5. The summed E-state index contributed by atoms with van der Waals surface area (Å²) in [7, 11) is 0. The van der Waals surface area contributed by atoms with Crippen LogP contribution in [0.5, 0.6) is 0 Å². The number of hydrogen-bond donors (Lipinski definition) is 1. The molecule has 0 aliphatic carbocycles. The van der Waals surface area contributed by atoms with E-state index in [4.69, 9.17) is 9.47 Å². The summed E-state index contributed by atoms with van der Waals surface area (Å²) in [6, 6.07) is 0. The number of unbranched alkanes of at least 4 members (excludes halogenated alkanes) is 24. The molecule has 0 saturated carbocycles. The number of aliphatic hydroxyl groups is 1. The molecule has 0 atom stereocenters. The van der Waals surface area contributed by atoms with Crippen LogP contribution in [-0.2, 0) is 19.1 Å². The Morgan fingerprint density at radius 3 is 0.930 bits per heavy atom. The van der Waals surface area contributed by atoms with Crippen LogP contribution in [-0.4, -0.2) is 35.9 Å². The third kappa shape index (κ3) is 33.6. The molecule has 0 saturated heterocycles. The van der Waals surface area contributed by atoms with Gasteiger partial charge in [-0.3, -0.25) is 9.59 Å². The number of rotatable bonds is 34. The minimum absolute atomic E-state index is 0.178. The molecule has 0 rings (SSSR count). The lowest BCUT2D eigenvalue weighted by Gasteiger charge is -2.22. The largest absolute Gasteiger partial charge is 0.466 e. The van der Waals surface area contributed by atoms with E-state index in [0.717, 1.165) is 25.7 Å². The summed E-state index contributed by atoms with van der Waals surface area (Å²) in [4.78, 5) is 24.1. The molecule has 0 aliphatic heterocycles. The highest BCUT2D eigenvalue weighted by atomic mass is 16.5. The SMILES string of the molecule is CCCCCCCCCCCCCCCC(=O)OCCC(C)(O)CCOC(=O)CCCCCCCCCCCCCCC. The fourth-order valence-corrected chi connectivity index (χ4v) is 5.61. The maximum Gasteiger partial charge on any atom is 0.305 e. The van der Waals surface area contributed by atoms with E-state index in [2.05, 4.69) is 13.8 Å². The third-order valence-corrected chi connectivity index (χ3v) is 8.78. The van der Waals surface area contributed by atoms with Gasteiger partial charge in [-0.2, -0.15) is 0 Å². The van der Waals surface area contributed by atoms with Gasteiger partial charge in [0.15, 0.2) is 0 Å². The Kier molecular flexibility index (Phi) is 31.5. The smallest absolute Gasteiger partial charge is 0.305 e. The fourth-order valence-electron chi connectivity index (χ4n) is 5.61. The molecule has 0 bridgehead atoms. The third-order valence-electron chi connectivity index (χ3n) is 8.78. The molecule has 0 amide bonds. The first kappa shape index (κ1) is 41.9. The maximum absolute atomic E-state index is 12.0. The summed E-state index contributed by atoms with van der Waals surface area (Å²) >= 11 is 0. The predicted octanol–water partition coefficient (Wildman–Crippen LogP) is 11.6. The quantitative estimate of drug-likeness (QED) is 0.0579. The average molecular weight is 611 g/mol. The van der Waals surface area contributed by atoms with Crippen LogP contribution < -0.4 is 0 Å². The van der Waals surface area contributed by atoms with E-state index in [-0.39, 0.29) is 25.2 Å². The predicted molar refractivity (Wildman–Crippen MR) is 182 cm³/mol. The van der Waals surface area contributed by atoms with E-state index in [1.165, 1.54) is 141 Å². The van der Waals surface area contributed by atoms with Crippen LogP contribution in [0.2, 0.25) is 0 Å². The first-order valence-electron chi connectivity index (χ1n) is 18.9. The summed E-state index contributed by atoms with van der Waals surface area (Å²) in [6.45, 7) is 6.66. The maximum atomic E-state index is 12.0. The lowest BCUT2D eigenvalue weighted by atomic mass is 9.99. The van der Waals surface area contributed by atoms with E-state index in [9.17, 15) is 14.7 Å². The highest BCUT2D eigenvalue weighted by Crippen LogP contribution is 2.17.